The standard InChI is InChI=1S/C12H21N3O3/c1-10-6-15(7-11(9-16)18-10)8-12(17)14(2)5-3-4-13/h10-11,16H,3,5-9H2,1-2H3. The zero-order valence-electron chi connectivity index (χ0n) is 11.0. The van der Waals surface area contributed by atoms with Crippen LogP contribution in [0, 0.1) is 11.3 Å². The summed E-state index contributed by atoms with van der Waals surface area (Å²) in [6.45, 7) is 3.93. The summed E-state index contributed by atoms with van der Waals surface area (Å²) in [5.41, 5.74) is 0. The first-order valence-corrected chi connectivity index (χ1v) is 6.16. The number of nitrogens with zero attached hydrogens (tertiary/aromatic N) is 3. The van der Waals surface area contributed by atoms with Gasteiger partial charge in [-0.3, -0.25) is 9.69 Å². The first kappa shape index (κ1) is 14.9. The number of hydrogen-bond donors (Lipinski definition) is 1. The fourth-order valence-corrected chi connectivity index (χ4v) is 2.02. The maximum absolute atomic E-state index is 11.9. The number of aliphatic hydroxyl groups excluding tert-OH is 1. The molecule has 102 valence electrons. The minimum absolute atomic E-state index is 0.00367. The van der Waals surface area contributed by atoms with Gasteiger partial charge in [-0.2, -0.15) is 5.26 Å². The quantitative estimate of drug-likeness (QED) is 0.712. The van der Waals surface area contributed by atoms with Gasteiger partial charge in [0, 0.05) is 26.7 Å². The molecule has 0 saturated carbocycles. The van der Waals surface area contributed by atoms with E-state index in [4.69, 9.17) is 15.1 Å². The molecule has 18 heavy (non-hydrogen) atoms. The van der Waals surface area contributed by atoms with E-state index in [0.29, 0.717) is 32.6 Å². The number of carbonyl (C=O) groups excluding carboxylic acids is 1. The molecule has 6 heteroatoms. The van der Waals surface area contributed by atoms with Crippen LogP contribution in [0.3, 0.4) is 0 Å². The molecule has 0 bridgehead atoms. The van der Waals surface area contributed by atoms with Crippen LogP contribution in [0.2, 0.25) is 0 Å². The van der Waals surface area contributed by atoms with Crippen molar-refractivity contribution in [3.63, 3.8) is 0 Å². The summed E-state index contributed by atoms with van der Waals surface area (Å²) in [4.78, 5) is 15.4. The lowest BCUT2D eigenvalue weighted by Crippen LogP contribution is -2.51. The van der Waals surface area contributed by atoms with Crippen molar-refractivity contribution >= 4 is 5.91 Å². The number of morpholine rings is 1. The molecule has 6 nitrogen and oxygen atoms in total. The molecule has 0 aromatic carbocycles. The van der Waals surface area contributed by atoms with E-state index in [-0.39, 0.29) is 24.7 Å². The van der Waals surface area contributed by atoms with Crippen molar-refractivity contribution in [2.75, 3.05) is 39.8 Å². The van der Waals surface area contributed by atoms with Crippen LogP contribution in [-0.2, 0) is 9.53 Å². The van der Waals surface area contributed by atoms with Gasteiger partial charge in [-0.25, -0.2) is 0 Å². The summed E-state index contributed by atoms with van der Waals surface area (Å²) in [5, 5.41) is 17.6. The van der Waals surface area contributed by atoms with Crippen molar-refractivity contribution < 1.29 is 14.6 Å². The molecular weight excluding hydrogens is 234 g/mol. The summed E-state index contributed by atoms with van der Waals surface area (Å²) in [6, 6.07) is 2.02. The SMILES string of the molecule is CC1CN(CC(=O)N(C)CCC#N)CC(CO)O1. The van der Waals surface area contributed by atoms with Crippen molar-refractivity contribution in [3.8, 4) is 6.07 Å². The largest absolute Gasteiger partial charge is 0.394 e. The number of amides is 1. The third-order valence-electron chi connectivity index (χ3n) is 2.95. The van der Waals surface area contributed by atoms with Gasteiger partial charge in [0.05, 0.1) is 37.8 Å². The first-order chi connectivity index (χ1) is 8.56. The van der Waals surface area contributed by atoms with E-state index in [1.165, 1.54) is 0 Å². The lowest BCUT2D eigenvalue weighted by atomic mass is 10.2. The van der Waals surface area contributed by atoms with Gasteiger partial charge < -0.3 is 14.7 Å². The smallest absolute Gasteiger partial charge is 0.236 e. The second-order valence-electron chi connectivity index (χ2n) is 4.67. The molecule has 1 rings (SSSR count). The van der Waals surface area contributed by atoms with Crippen LogP contribution in [0.15, 0.2) is 0 Å². The summed E-state index contributed by atoms with van der Waals surface area (Å²) < 4.78 is 5.51. The third-order valence-corrected chi connectivity index (χ3v) is 2.95. The molecule has 0 aromatic heterocycles. The molecule has 1 saturated heterocycles. The summed E-state index contributed by atoms with van der Waals surface area (Å²) in [6.07, 6.45) is 0.153. The van der Waals surface area contributed by atoms with Crippen LogP contribution in [0.5, 0.6) is 0 Å². The van der Waals surface area contributed by atoms with E-state index in [0.717, 1.165) is 0 Å². The highest BCUT2D eigenvalue weighted by atomic mass is 16.5. The Morgan fingerprint density at radius 2 is 2.33 bits per heavy atom. The number of nitriles is 1. The normalized spacial score (nSPS) is 24.6. The van der Waals surface area contributed by atoms with Crippen molar-refractivity contribution in [3.05, 3.63) is 0 Å². The Labute approximate surface area is 108 Å². The fraction of sp³-hybridized carbons (Fsp3) is 0.833. The molecule has 1 aliphatic heterocycles. The number of carbonyl (C=O) groups is 1. The average molecular weight is 255 g/mol. The van der Waals surface area contributed by atoms with E-state index in [1.807, 2.05) is 17.9 Å². The molecule has 1 N–H and O–H groups in total. The number of aliphatic hydroxyl groups is 1. The van der Waals surface area contributed by atoms with Gasteiger partial charge in [-0.1, -0.05) is 0 Å². The maximum atomic E-state index is 11.9. The van der Waals surface area contributed by atoms with Gasteiger partial charge in [0.15, 0.2) is 0 Å². The van der Waals surface area contributed by atoms with Gasteiger partial charge in [0.1, 0.15) is 0 Å². The summed E-state index contributed by atoms with van der Waals surface area (Å²) in [5.74, 6) is -0.00367. The Balaban J connectivity index is 2.41. The van der Waals surface area contributed by atoms with Crippen LogP contribution >= 0.6 is 0 Å². The van der Waals surface area contributed by atoms with Gasteiger partial charge in [0.25, 0.3) is 0 Å². The van der Waals surface area contributed by atoms with Gasteiger partial charge >= 0.3 is 0 Å². The highest BCUT2D eigenvalue weighted by Gasteiger charge is 2.26. The Morgan fingerprint density at radius 3 is 2.94 bits per heavy atom. The summed E-state index contributed by atoms with van der Waals surface area (Å²) in [7, 11) is 1.70. The van der Waals surface area contributed by atoms with Crippen molar-refractivity contribution in [1.29, 1.82) is 5.26 Å². The highest BCUT2D eigenvalue weighted by molar-refractivity contribution is 5.78. The lowest BCUT2D eigenvalue weighted by molar-refractivity contribution is -0.136. The van der Waals surface area contributed by atoms with Gasteiger partial charge in [-0.15, -0.1) is 0 Å². The maximum Gasteiger partial charge on any atom is 0.236 e. The van der Waals surface area contributed by atoms with E-state index >= 15 is 0 Å². The molecule has 1 amide bonds. The topological polar surface area (TPSA) is 76.8 Å². The van der Waals surface area contributed by atoms with Crippen LogP contribution in [0.4, 0.5) is 0 Å². The molecule has 2 unspecified atom stereocenters. The Kier molecular flexibility index (Phi) is 6.05. The molecular formula is C12H21N3O3. The molecule has 1 fully saturated rings. The van der Waals surface area contributed by atoms with E-state index < -0.39 is 0 Å². The van der Waals surface area contributed by atoms with Crippen LogP contribution in [-0.4, -0.2) is 72.9 Å². The van der Waals surface area contributed by atoms with Crippen molar-refractivity contribution in [1.82, 2.24) is 9.80 Å². The second-order valence-corrected chi connectivity index (χ2v) is 4.67. The minimum Gasteiger partial charge on any atom is -0.394 e. The zero-order valence-corrected chi connectivity index (χ0v) is 11.0. The molecule has 0 radical (unpaired) electrons. The van der Waals surface area contributed by atoms with Crippen LogP contribution in [0.1, 0.15) is 13.3 Å². The number of ether oxygens (including phenoxy) is 1. The molecule has 1 aliphatic rings. The summed E-state index contributed by atoms with van der Waals surface area (Å²) >= 11 is 0. The van der Waals surface area contributed by atoms with E-state index in [9.17, 15) is 4.79 Å². The molecule has 0 spiro atoms. The average Bonchev–Trinajstić information content (AvgIpc) is 2.34. The van der Waals surface area contributed by atoms with Gasteiger partial charge in [-0.05, 0) is 6.92 Å². The fourth-order valence-electron chi connectivity index (χ4n) is 2.02. The Bertz CT molecular complexity index is 316. The highest BCUT2D eigenvalue weighted by Crippen LogP contribution is 2.10. The van der Waals surface area contributed by atoms with Gasteiger partial charge in [0.2, 0.25) is 5.91 Å². The third kappa shape index (κ3) is 4.61. The molecule has 2 atom stereocenters. The number of rotatable bonds is 5. The van der Waals surface area contributed by atoms with E-state index in [1.54, 1.807) is 11.9 Å². The minimum atomic E-state index is -0.217. The van der Waals surface area contributed by atoms with Crippen molar-refractivity contribution in [2.45, 2.75) is 25.6 Å². The van der Waals surface area contributed by atoms with Crippen LogP contribution < -0.4 is 0 Å². The monoisotopic (exact) mass is 255 g/mol. The predicted octanol–water partition coefficient (Wildman–Crippen LogP) is -0.560. The first-order valence-electron chi connectivity index (χ1n) is 6.16. The Hall–Kier alpha value is -1.16. The lowest BCUT2D eigenvalue weighted by Gasteiger charge is -2.36. The number of hydrogen-bond acceptors (Lipinski definition) is 5. The molecule has 0 aromatic rings. The van der Waals surface area contributed by atoms with Crippen molar-refractivity contribution in [2.24, 2.45) is 0 Å². The number of likely N-dealkylation sites (N-methyl/N-ethyl adjacent to an activating group) is 1. The second kappa shape index (κ2) is 7.31. The zero-order chi connectivity index (χ0) is 13.5. The Morgan fingerprint density at radius 1 is 1.61 bits per heavy atom. The molecule has 0 aliphatic carbocycles. The predicted molar refractivity (Wildman–Crippen MR) is 65.7 cm³/mol. The molecule has 1 heterocycles. The van der Waals surface area contributed by atoms with Crippen LogP contribution in [0.25, 0.3) is 0 Å². The van der Waals surface area contributed by atoms with E-state index in [2.05, 4.69) is 0 Å².